The summed E-state index contributed by atoms with van der Waals surface area (Å²) in [6.07, 6.45) is 0.877. The van der Waals surface area contributed by atoms with E-state index in [9.17, 15) is 24.3 Å². The van der Waals surface area contributed by atoms with E-state index < -0.39 is 45.9 Å². The first-order valence-electron chi connectivity index (χ1n) is 10.8. The van der Waals surface area contributed by atoms with Gasteiger partial charge in [-0.05, 0) is 17.4 Å². The van der Waals surface area contributed by atoms with Crippen molar-refractivity contribution >= 4 is 69.9 Å². The van der Waals surface area contributed by atoms with Crippen molar-refractivity contribution in [2.75, 3.05) is 18.6 Å². The number of anilines is 1. The van der Waals surface area contributed by atoms with Gasteiger partial charge >= 0.3 is 5.97 Å². The molecule has 16 nitrogen and oxygen atoms in total. The predicted octanol–water partition coefficient (Wildman–Crippen LogP) is -0.673. The van der Waals surface area contributed by atoms with Gasteiger partial charge in [0.05, 0.1) is 23.0 Å². The van der Waals surface area contributed by atoms with Crippen LogP contribution < -0.4 is 16.4 Å². The average molecular weight is 583 g/mol. The number of tetrazole rings is 1. The Morgan fingerprint density at radius 2 is 2.24 bits per heavy atom. The number of rotatable bonds is 10. The van der Waals surface area contributed by atoms with E-state index in [0.717, 1.165) is 34.2 Å². The molecular formula is C19H22N10O6S3. The number of carboxylic acids is 1. The summed E-state index contributed by atoms with van der Waals surface area (Å²) in [4.78, 5) is 59.5. The Kier molecular flexibility index (Phi) is 7.88. The number of nitrogens with two attached hydrogens (primary N) is 1. The second-order valence-electron chi connectivity index (χ2n) is 7.99. The van der Waals surface area contributed by atoms with Crippen molar-refractivity contribution in [3.8, 4) is 0 Å². The third-order valence-electron chi connectivity index (χ3n) is 5.56. The predicted molar refractivity (Wildman–Crippen MR) is 136 cm³/mol. The quantitative estimate of drug-likeness (QED) is 0.101. The van der Waals surface area contributed by atoms with Crippen LogP contribution in [0.3, 0.4) is 0 Å². The smallest absolute Gasteiger partial charge is 0.352 e. The molecule has 3 unspecified atom stereocenters. The molecular weight excluding hydrogens is 560 g/mol. The lowest BCUT2D eigenvalue weighted by atomic mass is 9.89. The number of thioether (sulfide) groups is 2. The van der Waals surface area contributed by atoms with Crippen molar-refractivity contribution < 1.29 is 29.1 Å². The molecule has 202 valence electrons. The van der Waals surface area contributed by atoms with Gasteiger partial charge in [-0.2, -0.15) is 0 Å². The number of aliphatic carboxylic acids is 1. The van der Waals surface area contributed by atoms with E-state index in [1.807, 2.05) is 0 Å². The number of fused-ring (bicyclic) bond motifs is 1. The molecule has 2 aromatic rings. The molecule has 2 aromatic heterocycles. The highest BCUT2D eigenvalue weighted by molar-refractivity contribution is 8.01. The van der Waals surface area contributed by atoms with Crippen LogP contribution in [0.1, 0.15) is 19.5 Å². The van der Waals surface area contributed by atoms with Crippen LogP contribution in [0.2, 0.25) is 0 Å². The maximum absolute atomic E-state index is 13.3. The van der Waals surface area contributed by atoms with Crippen molar-refractivity contribution in [1.29, 1.82) is 0 Å². The van der Waals surface area contributed by atoms with Crippen molar-refractivity contribution in [1.82, 2.24) is 41.1 Å². The van der Waals surface area contributed by atoms with Crippen LogP contribution in [-0.4, -0.2) is 89.8 Å². The molecule has 0 radical (unpaired) electrons. The number of thiazole rings is 1. The Morgan fingerprint density at radius 3 is 2.82 bits per heavy atom. The normalized spacial score (nSPS) is 23.6. The highest BCUT2D eigenvalue weighted by Gasteiger charge is 2.62. The van der Waals surface area contributed by atoms with E-state index in [4.69, 9.17) is 5.73 Å². The van der Waals surface area contributed by atoms with Crippen LogP contribution in [0.25, 0.3) is 0 Å². The first-order valence-corrected chi connectivity index (χ1v) is 13.6. The van der Waals surface area contributed by atoms with Gasteiger partial charge in [-0.25, -0.2) is 14.9 Å². The first-order chi connectivity index (χ1) is 18.1. The summed E-state index contributed by atoms with van der Waals surface area (Å²) < 4.78 is 0. The fourth-order valence-corrected chi connectivity index (χ4v) is 7.70. The summed E-state index contributed by atoms with van der Waals surface area (Å²) in [5, 5.41) is 34.1. The van der Waals surface area contributed by atoms with E-state index in [0.29, 0.717) is 5.16 Å². The molecule has 1 fully saturated rings. The number of nitrogens with one attached hydrogen (secondary N) is 3. The standard InChI is InChI=1S/C19H22N10O6S3/c1-7(22-8(2)30)12-13(16(33)34)29-14(32)9(5-37-18-25-27-28-26-18)15(29)38-19(12,10-6-36-17(20)23-10)24-11(31)4-21-35-3/h4,6-7,9,15H,5H2,1-3H3,(H2,20,23)(H,22,30)(H,24,31)(H,33,34)(H,25,26,27,28)/t7?,9?,15-,19?/m0/s1. The second kappa shape index (κ2) is 11.0. The zero-order chi connectivity index (χ0) is 27.6. The van der Waals surface area contributed by atoms with E-state index in [1.165, 1.54) is 25.8 Å². The number of carbonyl (C=O) groups is 4. The summed E-state index contributed by atoms with van der Waals surface area (Å²) in [6, 6.07) is -0.948. The van der Waals surface area contributed by atoms with Gasteiger partial charge in [0.2, 0.25) is 17.0 Å². The largest absolute Gasteiger partial charge is 0.477 e. The zero-order valence-electron chi connectivity index (χ0n) is 20.1. The van der Waals surface area contributed by atoms with Crippen molar-refractivity contribution in [3.63, 3.8) is 0 Å². The number of nitrogens with zero attached hydrogens (tertiary/aromatic N) is 6. The molecule has 0 aromatic carbocycles. The molecule has 2 aliphatic rings. The Morgan fingerprint density at radius 1 is 1.47 bits per heavy atom. The topological polar surface area (TPSA) is 231 Å². The van der Waals surface area contributed by atoms with Gasteiger partial charge in [0.1, 0.15) is 19.0 Å². The summed E-state index contributed by atoms with van der Waals surface area (Å²) >= 11 is 3.38. The highest BCUT2D eigenvalue weighted by Crippen LogP contribution is 2.57. The van der Waals surface area contributed by atoms with Gasteiger partial charge in [0.25, 0.3) is 5.91 Å². The van der Waals surface area contributed by atoms with E-state index >= 15 is 0 Å². The number of aromatic nitrogens is 5. The third kappa shape index (κ3) is 5.03. The van der Waals surface area contributed by atoms with Gasteiger partial charge in [-0.3, -0.25) is 19.3 Å². The van der Waals surface area contributed by atoms with Crippen LogP contribution in [-0.2, 0) is 28.9 Å². The van der Waals surface area contributed by atoms with E-state index in [-0.39, 0.29) is 27.8 Å². The molecule has 2 aliphatic heterocycles. The summed E-state index contributed by atoms with van der Waals surface area (Å²) in [5.74, 6) is -3.49. The molecule has 4 rings (SSSR count). The molecule has 19 heteroatoms. The van der Waals surface area contributed by atoms with Crippen LogP contribution in [0, 0.1) is 5.92 Å². The van der Waals surface area contributed by atoms with Crippen LogP contribution >= 0.6 is 34.9 Å². The molecule has 0 bridgehead atoms. The number of amides is 3. The van der Waals surface area contributed by atoms with Crippen molar-refractivity contribution in [2.24, 2.45) is 11.1 Å². The van der Waals surface area contributed by atoms with Gasteiger partial charge in [0, 0.05) is 23.6 Å². The van der Waals surface area contributed by atoms with Gasteiger partial charge in [-0.1, -0.05) is 28.7 Å². The molecule has 38 heavy (non-hydrogen) atoms. The van der Waals surface area contributed by atoms with Gasteiger partial charge < -0.3 is 26.3 Å². The minimum atomic E-state index is -1.65. The number of hydrogen-bond acceptors (Lipinski definition) is 14. The minimum Gasteiger partial charge on any atom is -0.477 e. The number of nitrogen functional groups attached to an aromatic ring is 1. The molecule has 0 spiro atoms. The number of hydrogen-bond donors (Lipinski definition) is 5. The first kappa shape index (κ1) is 27.3. The Hall–Kier alpha value is -3.71. The number of carboxylic acid groups (broad SMARTS) is 1. The van der Waals surface area contributed by atoms with E-state index in [2.05, 4.69) is 46.2 Å². The van der Waals surface area contributed by atoms with Crippen LogP contribution in [0.4, 0.5) is 5.13 Å². The minimum absolute atomic E-state index is 0.0322. The lowest BCUT2D eigenvalue weighted by Crippen LogP contribution is -2.67. The summed E-state index contributed by atoms with van der Waals surface area (Å²) in [7, 11) is 1.26. The number of aromatic amines is 1. The second-order valence-corrected chi connectivity index (χ2v) is 11.2. The summed E-state index contributed by atoms with van der Waals surface area (Å²) in [6.45, 7) is 2.82. The van der Waals surface area contributed by atoms with Crippen molar-refractivity contribution in [3.05, 3.63) is 22.3 Å². The van der Waals surface area contributed by atoms with Crippen molar-refractivity contribution in [2.45, 2.75) is 35.3 Å². The maximum Gasteiger partial charge on any atom is 0.352 e. The molecule has 4 atom stereocenters. The monoisotopic (exact) mass is 582 g/mol. The number of H-pyrrole nitrogens is 1. The maximum atomic E-state index is 13.3. The molecule has 3 amide bonds. The lowest BCUT2D eigenvalue weighted by molar-refractivity contribution is -0.151. The number of carbonyl (C=O) groups excluding carboxylic acids is 3. The van der Waals surface area contributed by atoms with Crippen LogP contribution in [0.15, 0.2) is 27.0 Å². The number of oxime groups is 1. The van der Waals surface area contributed by atoms with E-state index in [1.54, 1.807) is 12.3 Å². The SMILES string of the molecule is CON=CC(=O)NC1(c2csc(N)n2)S[C@H]2C(CSc3nnn[nH]3)C(=O)N2C(C(=O)O)=C1C(C)NC(C)=O. The molecule has 6 N–H and O–H groups in total. The zero-order valence-corrected chi connectivity index (χ0v) is 22.5. The third-order valence-corrected chi connectivity index (χ3v) is 8.88. The lowest BCUT2D eigenvalue weighted by Gasteiger charge is -2.55. The molecule has 4 heterocycles. The van der Waals surface area contributed by atoms with Gasteiger partial charge in [-0.15, -0.1) is 16.4 Å². The molecule has 0 saturated carbocycles. The fraction of sp³-hybridized carbons (Fsp3) is 0.421. The fourth-order valence-electron chi connectivity index (χ4n) is 4.19. The number of β-lactam (4-membered cyclic amide) rings is 1. The van der Waals surface area contributed by atoms with Crippen LogP contribution in [0.5, 0.6) is 0 Å². The Labute approximate surface area is 227 Å². The van der Waals surface area contributed by atoms with Gasteiger partial charge in [0.15, 0.2) is 10.0 Å². The Balaban J connectivity index is 1.88. The summed E-state index contributed by atoms with van der Waals surface area (Å²) in [5.41, 5.74) is 5.80. The Bertz CT molecular complexity index is 1310. The molecule has 0 aliphatic carbocycles. The molecule has 1 saturated heterocycles. The highest BCUT2D eigenvalue weighted by atomic mass is 32.2. The average Bonchev–Trinajstić information content (AvgIpc) is 3.53.